The minimum atomic E-state index is -0.464. The summed E-state index contributed by atoms with van der Waals surface area (Å²) in [4.78, 5) is 26.7. The van der Waals surface area contributed by atoms with Crippen molar-refractivity contribution in [2.24, 2.45) is 0 Å². The lowest BCUT2D eigenvalue weighted by atomic mass is 9.93. The Hall–Kier alpha value is -2.63. The number of fused-ring (bicyclic) bond motifs is 1. The standard InChI is InChI=1S/C18H20N4O2/c1-11-7-12(2)22(20-11)14-9-21(10-14)18(24)16-8-13-5-3-4-6-15(13)17(23)19-16/h3-7,14,16H,8-10H2,1-2H3,(H,19,23)/t16-/m1/s1. The summed E-state index contributed by atoms with van der Waals surface area (Å²) < 4.78 is 1.99. The predicted molar refractivity (Wildman–Crippen MR) is 88.7 cm³/mol. The number of likely N-dealkylation sites (tertiary alicyclic amines) is 1. The van der Waals surface area contributed by atoms with Gasteiger partial charge < -0.3 is 10.2 Å². The van der Waals surface area contributed by atoms with Gasteiger partial charge in [0, 0.05) is 30.8 Å². The third-order valence-corrected chi connectivity index (χ3v) is 4.85. The van der Waals surface area contributed by atoms with Crippen LogP contribution in [-0.4, -0.2) is 45.6 Å². The second-order valence-corrected chi connectivity index (χ2v) is 6.66. The zero-order valence-corrected chi connectivity index (χ0v) is 13.8. The van der Waals surface area contributed by atoms with Crippen LogP contribution in [0.5, 0.6) is 0 Å². The number of nitrogens with one attached hydrogen (secondary N) is 1. The molecular weight excluding hydrogens is 304 g/mol. The van der Waals surface area contributed by atoms with Gasteiger partial charge in [-0.3, -0.25) is 14.3 Å². The van der Waals surface area contributed by atoms with Gasteiger partial charge in [-0.1, -0.05) is 18.2 Å². The highest BCUT2D eigenvalue weighted by atomic mass is 16.2. The SMILES string of the molecule is Cc1cc(C)n(C2CN(C(=O)[C@H]3Cc4ccccc4C(=O)N3)C2)n1. The molecule has 2 aliphatic rings. The van der Waals surface area contributed by atoms with Crippen molar-refractivity contribution in [3.63, 3.8) is 0 Å². The Bertz CT molecular complexity index is 820. The number of nitrogens with zero attached hydrogens (tertiary/aromatic N) is 3. The molecule has 4 rings (SSSR count). The van der Waals surface area contributed by atoms with Gasteiger partial charge in [-0.25, -0.2) is 0 Å². The highest BCUT2D eigenvalue weighted by Crippen LogP contribution is 2.25. The van der Waals surface area contributed by atoms with Gasteiger partial charge in [0.15, 0.2) is 0 Å². The van der Waals surface area contributed by atoms with Crippen molar-refractivity contribution in [2.75, 3.05) is 13.1 Å². The maximum atomic E-state index is 12.7. The van der Waals surface area contributed by atoms with Gasteiger partial charge in [-0.2, -0.15) is 5.10 Å². The third kappa shape index (κ3) is 2.38. The summed E-state index contributed by atoms with van der Waals surface area (Å²) in [6, 6.07) is 9.28. The number of benzene rings is 1. The summed E-state index contributed by atoms with van der Waals surface area (Å²) in [6.07, 6.45) is 0.557. The van der Waals surface area contributed by atoms with Crippen LogP contribution < -0.4 is 5.32 Å². The van der Waals surface area contributed by atoms with Crippen molar-refractivity contribution in [1.82, 2.24) is 20.0 Å². The number of aryl methyl sites for hydroxylation is 2. The second kappa shape index (κ2) is 5.47. The third-order valence-electron chi connectivity index (χ3n) is 4.85. The van der Waals surface area contributed by atoms with Crippen molar-refractivity contribution >= 4 is 11.8 Å². The molecule has 0 saturated carbocycles. The lowest BCUT2D eigenvalue weighted by Crippen LogP contribution is -2.59. The van der Waals surface area contributed by atoms with Gasteiger partial charge in [0.2, 0.25) is 5.91 Å². The summed E-state index contributed by atoms with van der Waals surface area (Å²) >= 11 is 0. The lowest BCUT2D eigenvalue weighted by molar-refractivity contribution is -0.139. The minimum absolute atomic E-state index is 0.00404. The van der Waals surface area contributed by atoms with E-state index >= 15 is 0 Å². The van der Waals surface area contributed by atoms with Crippen LogP contribution in [-0.2, 0) is 11.2 Å². The maximum Gasteiger partial charge on any atom is 0.252 e. The monoisotopic (exact) mass is 324 g/mol. The van der Waals surface area contributed by atoms with E-state index in [1.165, 1.54) is 0 Å². The molecule has 1 aromatic carbocycles. The first-order valence-electron chi connectivity index (χ1n) is 8.23. The minimum Gasteiger partial charge on any atom is -0.340 e. The summed E-state index contributed by atoms with van der Waals surface area (Å²) in [7, 11) is 0. The van der Waals surface area contributed by atoms with E-state index < -0.39 is 6.04 Å². The van der Waals surface area contributed by atoms with Gasteiger partial charge in [0.1, 0.15) is 6.04 Å². The number of hydrogen-bond donors (Lipinski definition) is 1. The Morgan fingerprint density at radius 2 is 2.00 bits per heavy atom. The van der Waals surface area contributed by atoms with Crippen LogP contribution in [0.25, 0.3) is 0 Å². The molecule has 6 nitrogen and oxygen atoms in total. The highest BCUT2D eigenvalue weighted by Gasteiger charge is 2.38. The molecule has 1 N–H and O–H groups in total. The zero-order valence-electron chi connectivity index (χ0n) is 13.8. The van der Waals surface area contributed by atoms with Crippen LogP contribution in [0.3, 0.4) is 0 Å². The fraction of sp³-hybridized carbons (Fsp3) is 0.389. The molecule has 3 heterocycles. The van der Waals surface area contributed by atoms with E-state index in [9.17, 15) is 9.59 Å². The number of carbonyl (C=O) groups excluding carboxylic acids is 2. The molecule has 0 spiro atoms. The number of rotatable bonds is 2. The van der Waals surface area contributed by atoms with Crippen LogP contribution in [0.15, 0.2) is 30.3 Å². The average Bonchev–Trinajstić information content (AvgIpc) is 2.84. The Morgan fingerprint density at radius 3 is 2.71 bits per heavy atom. The Morgan fingerprint density at radius 1 is 1.25 bits per heavy atom. The summed E-state index contributed by atoms with van der Waals surface area (Å²) in [6.45, 7) is 5.30. The van der Waals surface area contributed by atoms with E-state index in [-0.39, 0.29) is 17.9 Å². The molecule has 24 heavy (non-hydrogen) atoms. The molecule has 0 aliphatic carbocycles. The summed E-state index contributed by atoms with van der Waals surface area (Å²) in [5.41, 5.74) is 3.72. The van der Waals surface area contributed by atoms with Crippen molar-refractivity contribution in [3.8, 4) is 0 Å². The molecule has 1 aromatic heterocycles. The van der Waals surface area contributed by atoms with Crippen molar-refractivity contribution < 1.29 is 9.59 Å². The lowest BCUT2D eigenvalue weighted by Gasteiger charge is -2.42. The number of hydrogen-bond acceptors (Lipinski definition) is 3. The van der Waals surface area contributed by atoms with Crippen LogP contribution in [0.4, 0.5) is 0 Å². The molecule has 0 unspecified atom stereocenters. The fourth-order valence-electron chi connectivity index (χ4n) is 3.60. The first-order valence-corrected chi connectivity index (χ1v) is 8.23. The van der Waals surface area contributed by atoms with E-state index in [0.717, 1.165) is 17.0 Å². The zero-order chi connectivity index (χ0) is 16.8. The highest BCUT2D eigenvalue weighted by molar-refractivity contribution is 6.00. The van der Waals surface area contributed by atoms with Gasteiger partial charge in [-0.15, -0.1) is 0 Å². The largest absolute Gasteiger partial charge is 0.340 e. The smallest absolute Gasteiger partial charge is 0.252 e. The normalized spacial score (nSPS) is 20.3. The molecule has 2 aromatic rings. The molecule has 6 heteroatoms. The molecule has 124 valence electrons. The van der Waals surface area contributed by atoms with Crippen molar-refractivity contribution in [3.05, 3.63) is 52.8 Å². The quantitative estimate of drug-likeness (QED) is 0.904. The summed E-state index contributed by atoms with van der Waals surface area (Å²) in [5, 5.41) is 7.33. The number of aromatic nitrogens is 2. The van der Waals surface area contributed by atoms with Crippen LogP contribution >= 0.6 is 0 Å². The molecule has 1 saturated heterocycles. The van der Waals surface area contributed by atoms with E-state index in [4.69, 9.17) is 0 Å². The van der Waals surface area contributed by atoms with Crippen LogP contribution in [0, 0.1) is 13.8 Å². The Kier molecular flexibility index (Phi) is 3.40. The first-order chi connectivity index (χ1) is 11.5. The predicted octanol–water partition coefficient (Wildman–Crippen LogP) is 1.24. The van der Waals surface area contributed by atoms with Gasteiger partial charge >= 0.3 is 0 Å². The second-order valence-electron chi connectivity index (χ2n) is 6.66. The molecule has 1 fully saturated rings. The fourth-order valence-corrected chi connectivity index (χ4v) is 3.60. The van der Waals surface area contributed by atoms with Gasteiger partial charge in [0.05, 0.1) is 11.7 Å². The van der Waals surface area contributed by atoms with E-state index in [1.54, 1.807) is 11.0 Å². The molecule has 0 bridgehead atoms. The number of amides is 2. The van der Waals surface area contributed by atoms with Crippen LogP contribution in [0.2, 0.25) is 0 Å². The average molecular weight is 324 g/mol. The van der Waals surface area contributed by atoms with Gasteiger partial charge in [0.25, 0.3) is 5.91 Å². The first kappa shape index (κ1) is 14.9. The molecule has 1 atom stereocenters. The van der Waals surface area contributed by atoms with Crippen LogP contribution in [0.1, 0.15) is 33.4 Å². The molecule has 2 amide bonds. The molecule has 2 aliphatic heterocycles. The maximum absolute atomic E-state index is 12.7. The Labute approximate surface area is 140 Å². The van der Waals surface area contributed by atoms with E-state index in [1.807, 2.05) is 42.8 Å². The van der Waals surface area contributed by atoms with Gasteiger partial charge in [-0.05, 0) is 31.5 Å². The number of carbonyl (C=O) groups is 2. The van der Waals surface area contributed by atoms with E-state index in [0.29, 0.717) is 25.1 Å². The molecular formula is C18H20N4O2. The summed E-state index contributed by atoms with van der Waals surface area (Å²) in [5.74, 6) is -0.165. The van der Waals surface area contributed by atoms with E-state index in [2.05, 4.69) is 10.4 Å². The van der Waals surface area contributed by atoms with Crippen molar-refractivity contribution in [1.29, 1.82) is 0 Å². The Balaban J connectivity index is 1.43. The topological polar surface area (TPSA) is 67.2 Å². The van der Waals surface area contributed by atoms with Crippen molar-refractivity contribution in [2.45, 2.75) is 32.4 Å². The molecule has 0 radical (unpaired) electrons.